The maximum Gasteiger partial charge on any atom is 0.0328 e. The second-order valence-corrected chi connectivity index (χ2v) is 7.75. The zero-order valence-electron chi connectivity index (χ0n) is 12.8. The summed E-state index contributed by atoms with van der Waals surface area (Å²) < 4.78 is 0. The van der Waals surface area contributed by atoms with Crippen molar-refractivity contribution in [2.24, 2.45) is 0 Å². The van der Waals surface area contributed by atoms with Crippen molar-refractivity contribution in [2.75, 3.05) is 27.2 Å². The first-order valence-electron chi connectivity index (χ1n) is 7.90. The number of hydrogen-bond acceptors (Lipinski definition) is 4. The quantitative estimate of drug-likeness (QED) is 0.869. The zero-order chi connectivity index (χ0) is 13.9. The van der Waals surface area contributed by atoms with Crippen LogP contribution >= 0.6 is 11.3 Å². The monoisotopic (exact) mass is 293 g/mol. The highest BCUT2D eigenvalue weighted by Gasteiger charge is 2.22. The van der Waals surface area contributed by atoms with E-state index in [2.05, 4.69) is 41.3 Å². The number of thiophene rings is 1. The maximum absolute atomic E-state index is 3.60. The summed E-state index contributed by atoms with van der Waals surface area (Å²) >= 11 is 1.98. The molecule has 3 rings (SSSR count). The van der Waals surface area contributed by atoms with E-state index in [1.807, 2.05) is 11.3 Å². The normalized spacial score (nSPS) is 24.4. The molecule has 0 spiro atoms. The molecule has 0 radical (unpaired) electrons. The lowest BCUT2D eigenvalue weighted by Crippen LogP contribution is -2.44. The van der Waals surface area contributed by atoms with Crippen LogP contribution in [-0.4, -0.2) is 49.1 Å². The zero-order valence-corrected chi connectivity index (χ0v) is 13.6. The third-order valence-corrected chi connectivity index (χ3v) is 5.56. The molecule has 0 amide bonds. The van der Waals surface area contributed by atoms with Crippen LogP contribution in [0.2, 0.25) is 0 Å². The highest BCUT2D eigenvalue weighted by molar-refractivity contribution is 7.11. The predicted molar refractivity (Wildman–Crippen MR) is 86.2 cm³/mol. The molecule has 4 heteroatoms. The number of nitrogens with zero attached hydrogens (tertiary/aromatic N) is 2. The SMILES string of the molecule is CN1CCCC(N(C)Cc2ccc(CNC3CC3)s2)C1. The van der Waals surface area contributed by atoms with Crippen molar-refractivity contribution < 1.29 is 0 Å². The minimum absolute atomic E-state index is 0.726. The fourth-order valence-corrected chi connectivity index (χ4v) is 4.04. The summed E-state index contributed by atoms with van der Waals surface area (Å²) in [5, 5.41) is 3.60. The van der Waals surface area contributed by atoms with E-state index in [0.29, 0.717) is 0 Å². The van der Waals surface area contributed by atoms with Gasteiger partial charge in [0.25, 0.3) is 0 Å². The topological polar surface area (TPSA) is 18.5 Å². The number of piperidine rings is 1. The van der Waals surface area contributed by atoms with Crippen LogP contribution < -0.4 is 5.32 Å². The molecule has 0 bridgehead atoms. The van der Waals surface area contributed by atoms with Crippen molar-refractivity contribution in [3.8, 4) is 0 Å². The molecule has 1 saturated heterocycles. The summed E-state index contributed by atoms with van der Waals surface area (Å²) in [4.78, 5) is 8.00. The fourth-order valence-electron chi connectivity index (χ4n) is 3.01. The first-order valence-corrected chi connectivity index (χ1v) is 8.72. The molecule has 1 atom stereocenters. The summed E-state index contributed by atoms with van der Waals surface area (Å²) in [6.45, 7) is 4.65. The summed E-state index contributed by atoms with van der Waals surface area (Å²) in [6, 6.07) is 6.15. The van der Waals surface area contributed by atoms with Crippen molar-refractivity contribution in [3.05, 3.63) is 21.9 Å². The highest BCUT2D eigenvalue weighted by atomic mass is 32.1. The van der Waals surface area contributed by atoms with Crippen LogP contribution in [0.5, 0.6) is 0 Å². The van der Waals surface area contributed by atoms with Gasteiger partial charge in [0, 0.05) is 41.5 Å². The van der Waals surface area contributed by atoms with Crippen LogP contribution in [0.1, 0.15) is 35.4 Å². The Balaban J connectivity index is 1.48. The molecule has 2 aliphatic rings. The number of rotatable bonds is 6. The van der Waals surface area contributed by atoms with Crippen molar-refractivity contribution in [3.63, 3.8) is 0 Å². The van der Waals surface area contributed by atoms with E-state index in [0.717, 1.165) is 25.2 Å². The van der Waals surface area contributed by atoms with Crippen LogP contribution in [0, 0.1) is 0 Å². The molecular weight excluding hydrogens is 266 g/mol. The largest absolute Gasteiger partial charge is 0.309 e. The van der Waals surface area contributed by atoms with Gasteiger partial charge in [-0.2, -0.15) is 0 Å². The first kappa shape index (κ1) is 14.5. The Hall–Kier alpha value is -0.420. The molecule has 1 aliphatic carbocycles. The van der Waals surface area contributed by atoms with E-state index >= 15 is 0 Å². The van der Waals surface area contributed by atoms with E-state index in [1.165, 1.54) is 48.5 Å². The molecule has 1 N–H and O–H groups in total. The van der Waals surface area contributed by atoms with Crippen molar-refractivity contribution in [2.45, 2.75) is 50.9 Å². The van der Waals surface area contributed by atoms with E-state index in [1.54, 1.807) is 0 Å². The van der Waals surface area contributed by atoms with Crippen LogP contribution in [-0.2, 0) is 13.1 Å². The van der Waals surface area contributed by atoms with Crippen LogP contribution in [0.4, 0.5) is 0 Å². The van der Waals surface area contributed by atoms with E-state index in [4.69, 9.17) is 0 Å². The molecule has 0 aromatic carbocycles. The van der Waals surface area contributed by atoms with Gasteiger partial charge in [0.2, 0.25) is 0 Å². The van der Waals surface area contributed by atoms with Crippen molar-refractivity contribution in [1.29, 1.82) is 0 Å². The van der Waals surface area contributed by atoms with Gasteiger partial charge in [-0.1, -0.05) is 0 Å². The molecule has 20 heavy (non-hydrogen) atoms. The molecular formula is C16H27N3S. The highest BCUT2D eigenvalue weighted by Crippen LogP contribution is 2.23. The summed E-state index contributed by atoms with van der Waals surface area (Å²) in [7, 11) is 4.53. The Bertz CT molecular complexity index is 427. The third kappa shape index (κ3) is 4.04. The lowest BCUT2D eigenvalue weighted by Gasteiger charge is -2.35. The Morgan fingerprint density at radius 3 is 2.85 bits per heavy atom. The second-order valence-electron chi connectivity index (χ2n) is 6.50. The number of likely N-dealkylation sites (N-methyl/N-ethyl adjacent to an activating group) is 2. The van der Waals surface area contributed by atoms with Gasteiger partial charge in [0.15, 0.2) is 0 Å². The van der Waals surface area contributed by atoms with Gasteiger partial charge in [0.05, 0.1) is 0 Å². The Morgan fingerprint density at radius 2 is 2.10 bits per heavy atom. The molecule has 2 fully saturated rings. The van der Waals surface area contributed by atoms with Crippen molar-refractivity contribution in [1.82, 2.24) is 15.1 Å². The molecule has 1 aliphatic heterocycles. The van der Waals surface area contributed by atoms with Crippen molar-refractivity contribution >= 4 is 11.3 Å². The number of nitrogens with one attached hydrogen (secondary N) is 1. The minimum Gasteiger partial charge on any atom is -0.309 e. The summed E-state index contributed by atoms with van der Waals surface area (Å²) in [5.74, 6) is 0. The third-order valence-electron chi connectivity index (χ3n) is 4.49. The Morgan fingerprint density at radius 1 is 1.30 bits per heavy atom. The van der Waals surface area contributed by atoms with Gasteiger partial charge in [-0.05, 0) is 58.5 Å². The molecule has 112 valence electrons. The van der Waals surface area contributed by atoms with Gasteiger partial charge in [-0.15, -0.1) is 11.3 Å². The van der Waals surface area contributed by atoms with Gasteiger partial charge in [0.1, 0.15) is 0 Å². The summed E-state index contributed by atoms with van der Waals surface area (Å²) in [5.41, 5.74) is 0. The minimum atomic E-state index is 0.726. The number of hydrogen-bond donors (Lipinski definition) is 1. The van der Waals surface area contributed by atoms with Gasteiger partial charge in [-0.25, -0.2) is 0 Å². The van der Waals surface area contributed by atoms with Gasteiger partial charge in [-0.3, -0.25) is 4.90 Å². The van der Waals surface area contributed by atoms with Gasteiger partial charge < -0.3 is 10.2 Å². The average Bonchev–Trinajstić information content (AvgIpc) is 3.16. The Kier molecular flexibility index (Phi) is 4.76. The van der Waals surface area contributed by atoms with E-state index in [9.17, 15) is 0 Å². The molecule has 1 saturated carbocycles. The van der Waals surface area contributed by atoms with Gasteiger partial charge >= 0.3 is 0 Å². The molecule has 1 aromatic rings. The average molecular weight is 293 g/mol. The molecule has 1 unspecified atom stereocenters. The lowest BCUT2D eigenvalue weighted by atomic mass is 10.1. The lowest BCUT2D eigenvalue weighted by molar-refractivity contribution is 0.130. The second kappa shape index (κ2) is 6.56. The first-order chi connectivity index (χ1) is 9.70. The number of likely N-dealkylation sites (tertiary alicyclic amines) is 1. The van der Waals surface area contributed by atoms with Crippen LogP contribution in [0.3, 0.4) is 0 Å². The molecule has 3 nitrogen and oxygen atoms in total. The van der Waals surface area contributed by atoms with E-state index < -0.39 is 0 Å². The summed E-state index contributed by atoms with van der Waals surface area (Å²) in [6.07, 6.45) is 5.43. The fraction of sp³-hybridized carbons (Fsp3) is 0.750. The molecule has 2 heterocycles. The maximum atomic E-state index is 3.60. The predicted octanol–water partition coefficient (Wildman–Crippen LogP) is 2.53. The van der Waals surface area contributed by atoms with Crippen LogP contribution in [0.15, 0.2) is 12.1 Å². The van der Waals surface area contributed by atoms with Crippen LogP contribution in [0.25, 0.3) is 0 Å². The Labute approximate surface area is 127 Å². The molecule has 1 aromatic heterocycles. The smallest absolute Gasteiger partial charge is 0.0328 e. The standard InChI is InChI=1S/C16H27N3S/c1-18-9-3-4-14(11-18)19(2)12-16-8-7-15(20-16)10-17-13-5-6-13/h7-8,13-14,17H,3-6,9-12H2,1-2H3. The van der Waals surface area contributed by atoms with E-state index in [-0.39, 0.29) is 0 Å².